The average molecular weight is 807 g/mol. The Bertz CT molecular complexity index is 2440. The molecule has 310 valence electrons. The van der Waals surface area contributed by atoms with E-state index in [1.54, 1.807) is 12.1 Å². The van der Waals surface area contributed by atoms with Crippen molar-refractivity contribution in [3.63, 3.8) is 0 Å². The predicted octanol–water partition coefficient (Wildman–Crippen LogP) is 7.09. The summed E-state index contributed by atoms with van der Waals surface area (Å²) in [5, 5.41) is 7.54. The Labute approximate surface area is 342 Å². The van der Waals surface area contributed by atoms with Crippen molar-refractivity contribution in [2.75, 3.05) is 27.3 Å². The van der Waals surface area contributed by atoms with Crippen molar-refractivity contribution >= 4 is 57.0 Å². The summed E-state index contributed by atoms with van der Waals surface area (Å²) in [7, 11) is 2.51. The van der Waals surface area contributed by atoms with Crippen molar-refractivity contribution in [2.45, 2.75) is 84.0 Å². The van der Waals surface area contributed by atoms with Crippen LogP contribution in [0.15, 0.2) is 70.6 Å². The molecule has 3 aromatic carbocycles. The maximum atomic E-state index is 15.8. The standard InChI is InChI=1S/C45H51FN6O7/c1-24(2)38(49-44(56)58-5)42(54)51-17-7-9-35(51)34-22-31(23-47-34)29-14-13-26-19-28(12-11-27(26)20-29)30-15-16-32-33(21-30)48-40(37(46)41(32)53)36-10-8-18-52(36)43(55)39(25(3)4)50-45(57)59-6/h11-16,19-21,23-25,35-36,38-39H,7-10,17-18,22H2,1-6H3,(H,48,53)(H,49,56)(H,50,57)/t35-,36?,38-,39-/m0/s1. The third-order valence-corrected chi connectivity index (χ3v) is 11.8. The summed E-state index contributed by atoms with van der Waals surface area (Å²) in [5.41, 5.74) is 4.52. The number of aromatic amines is 1. The van der Waals surface area contributed by atoms with Crippen LogP contribution in [0.5, 0.6) is 0 Å². The van der Waals surface area contributed by atoms with Crippen LogP contribution in [0.3, 0.4) is 0 Å². The van der Waals surface area contributed by atoms with Gasteiger partial charge in [-0.25, -0.2) is 14.0 Å². The summed E-state index contributed by atoms with van der Waals surface area (Å²) in [6.07, 6.45) is 3.86. The van der Waals surface area contributed by atoms with Crippen LogP contribution in [0.2, 0.25) is 0 Å². The molecule has 1 unspecified atom stereocenters. The number of amides is 4. The number of rotatable bonds is 10. The summed E-state index contributed by atoms with van der Waals surface area (Å²) in [6, 6.07) is 15.2. The van der Waals surface area contributed by atoms with Crippen molar-refractivity contribution in [3.05, 3.63) is 88.1 Å². The zero-order chi connectivity index (χ0) is 42.1. The number of carbonyl (C=O) groups excluding carboxylic acids is 4. The molecule has 2 fully saturated rings. The van der Waals surface area contributed by atoms with Gasteiger partial charge >= 0.3 is 12.2 Å². The number of likely N-dealkylation sites (tertiary alicyclic amines) is 2. The van der Waals surface area contributed by atoms with Crippen molar-refractivity contribution in [3.8, 4) is 11.1 Å². The van der Waals surface area contributed by atoms with E-state index >= 15 is 4.39 Å². The number of fused-ring (bicyclic) bond motifs is 2. The Kier molecular flexibility index (Phi) is 11.9. The van der Waals surface area contributed by atoms with Crippen LogP contribution >= 0.6 is 0 Å². The van der Waals surface area contributed by atoms with E-state index in [2.05, 4.69) is 39.9 Å². The highest BCUT2D eigenvalue weighted by atomic mass is 19.1. The van der Waals surface area contributed by atoms with E-state index in [0.717, 1.165) is 51.6 Å². The van der Waals surface area contributed by atoms with Gasteiger partial charge in [0.15, 0.2) is 5.82 Å². The summed E-state index contributed by atoms with van der Waals surface area (Å²) in [4.78, 5) is 76.1. The molecule has 4 atom stereocenters. The van der Waals surface area contributed by atoms with Crippen molar-refractivity contribution in [2.24, 2.45) is 16.8 Å². The van der Waals surface area contributed by atoms with Gasteiger partial charge in [0.2, 0.25) is 17.2 Å². The average Bonchev–Trinajstić information content (AvgIpc) is 4.04. The molecule has 3 N–H and O–H groups in total. The highest BCUT2D eigenvalue weighted by Crippen LogP contribution is 2.36. The highest BCUT2D eigenvalue weighted by Gasteiger charge is 2.40. The fraction of sp³-hybridized carbons (Fsp3) is 0.422. The number of aromatic nitrogens is 1. The summed E-state index contributed by atoms with van der Waals surface area (Å²) < 4.78 is 25.3. The topological polar surface area (TPSA) is 162 Å². The van der Waals surface area contributed by atoms with E-state index < -0.39 is 41.6 Å². The van der Waals surface area contributed by atoms with Gasteiger partial charge in [0, 0.05) is 36.8 Å². The van der Waals surface area contributed by atoms with Gasteiger partial charge in [0.05, 0.1) is 37.5 Å². The molecule has 0 bridgehead atoms. The molecule has 14 heteroatoms. The molecular weight excluding hydrogens is 756 g/mol. The summed E-state index contributed by atoms with van der Waals surface area (Å²) in [6.45, 7) is 8.37. The Balaban J connectivity index is 1.09. The van der Waals surface area contributed by atoms with Gasteiger partial charge in [-0.05, 0) is 94.8 Å². The molecule has 4 heterocycles. The molecule has 13 nitrogen and oxygen atoms in total. The Morgan fingerprint density at radius 2 is 1.29 bits per heavy atom. The Morgan fingerprint density at radius 1 is 0.763 bits per heavy atom. The van der Waals surface area contributed by atoms with Crippen LogP contribution < -0.4 is 16.1 Å². The molecule has 0 radical (unpaired) electrons. The number of H-pyrrole nitrogens is 1. The molecule has 0 aliphatic carbocycles. The lowest BCUT2D eigenvalue weighted by molar-refractivity contribution is -0.135. The van der Waals surface area contributed by atoms with Gasteiger partial charge in [0.25, 0.3) is 0 Å². The van der Waals surface area contributed by atoms with Crippen molar-refractivity contribution < 1.29 is 33.0 Å². The number of allylic oxidation sites excluding steroid dienone is 1. The van der Waals surface area contributed by atoms with E-state index in [-0.39, 0.29) is 40.8 Å². The van der Waals surface area contributed by atoms with Gasteiger partial charge in [-0.2, -0.15) is 0 Å². The zero-order valence-electron chi connectivity index (χ0n) is 34.3. The molecule has 2 saturated heterocycles. The third kappa shape index (κ3) is 8.17. The molecule has 0 saturated carbocycles. The molecule has 7 rings (SSSR count). The van der Waals surface area contributed by atoms with Crippen LogP contribution in [-0.2, 0) is 19.1 Å². The first-order chi connectivity index (χ1) is 28.3. The molecule has 4 amide bonds. The summed E-state index contributed by atoms with van der Waals surface area (Å²) >= 11 is 0. The number of hydrogen-bond acceptors (Lipinski definition) is 8. The van der Waals surface area contributed by atoms with Crippen LogP contribution in [-0.4, -0.2) is 89.9 Å². The first kappa shape index (κ1) is 41.1. The molecule has 4 aromatic rings. The molecule has 0 spiro atoms. The van der Waals surface area contributed by atoms with Gasteiger partial charge in [-0.1, -0.05) is 58.0 Å². The minimum Gasteiger partial charge on any atom is -0.453 e. The lowest BCUT2D eigenvalue weighted by Gasteiger charge is -2.31. The second kappa shape index (κ2) is 17.0. The van der Waals surface area contributed by atoms with Gasteiger partial charge in [-0.15, -0.1) is 0 Å². The molecule has 59 heavy (non-hydrogen) atoms. The molecular formula is C45H51FN6O7. The SMILES string of the molecule is COC(=O)N[C@H](C(=O)N1CCCC1c1[nH]c2cc(-c3ccc4cc(C5=CN=C([C@@H]6CCCN6C(=O)[C@@H](NC(=O)OC)C(C)C)C5)ccc4c3)ccc2c(=O)c1F)C(C)C. The molecule has 3 aliphatic rings. The number of methoxy groups -OCH3 is 2. The first-order valence-electron chi connectivity index (χ1n) is 20.2. The van der Waals surface area contributed by atoms with Crippen molar-refractivity contribution in [1.29, 1.82) is 0 Å². The van der Waals surface area contributed by atoms with Gasteiger partial charge in [0.1, 0.15) is 12.1 Å². The normalized spacial score (nSPS) is 18.9. The number of benzene rings is 3. The third-order valence-electron chi connectivity index (χ3n) is 11.8. The van der Waals surface area contributed by atoms with Crippen LogP contribution in [0.25, 0.3) is 38.4 Å². The number of nitrogens with one attached hydrogen (secondary N) is 3. The maximum Gasteiger partial charge on any atom is 0.407 e. The number of nitrogens with zero attached hydrogens (tertiary/aromatic N) is 3. The smallest absolute Gasteiger partial charge is 0.407 e. The minimum atomic E-state index is -0.921. The van der Waals surface area contributed by atoms with E-state index in [0.29, 0.717) is 37.9 Å². The number of aliphatic imine (C=N–C) groups is 1. The number of carbonyl (C=O) groups is 4. The first-order valence-corrected chi connectivity index (χ1v) is 20.2. The number of pyridine rings is 1. The summed E-state index contributed by atoms with van der Waals surface area (Å²) in [5.74, 6) is -1.78. The van der Waals surface area contributed by atoms with Crippen LogP contribution in [0.4, 0.5) is 14.0 Å². The molecule has 1 aromatic heterocycles. The zero-order valence-corrected chi connectivity index (χ0v) is 34.3. The van der Waals surface area contributed by atoms with Crippen molar-refractivity contribution in [1.82, 2.24) is 25.4 Å². The lowest BCUT2D eigenvalue weighted by atomic mass is 9.94. The number of halogens is 1. The molecule has 3 aliphatic heterocycles. The quantitative estimate of drug-likeness (QED) is 0.154. The maximum absolute atomic E-state index is 15.8. The Hall–Kier alpha value is -6.05. The van der Waals surface area contributed by atoms with E-state index in [9.17, 15) is 24.0 Å². The minimum absolute atomic E-state index is 0.0491. The number of hydrogen-bond donors (Lipinski definition) is 3. The monoisotopic (exact) mass is 806 g/mol. The van der Waals surface area contributed by atoms with Crippen LogP contribution in [0, 0.1) is 17.7 Å². The van der Waals surface area contributed by atoms with Gasteiger partial charge in [-0.3, -0.25) is 19.4 Å². The van der Waals surface area contributed by atoms with Gasteiger partial charge < -0.3 is 34.9 Å². The van der Waals surface area contributed by atoms with E-state index in [1.165, 1.54) is 19.1 Å². The number of ether oxygens (including phenoxy) is 2. The van der Waals surface area contributed by atoms with E-state index in [4.69, 9.17) is 14.5 Å². The Morgan fingerprint density at radius 3 is 1.88 bits per heavy atom. The fourth-order valence-corrected chi connectivity index (χ4v) is 8.61. The fourth-order valence-electron chi connectivity index (χ4n) is 8.61. The lowest BCUT2D eigenvalue weighted by Crippen LogP contribution is -2.53. The largest absolute Gasteiger partial charge is 0.453 e. The second-order valence-corrected chi connectivity index (χ2v) is 16.3. The predicted molar refractivity (Wildman–Crippen MR) is 224 cm³/mol. The number of alkyl carbamates (subject to hydrolysis) is 2. The van der Waals surface area contributed by atoms with Crippen LogP contribution in [0.1, 0.15) is 77.1 Å². The highest BCUT2D eigenvalue weighted by molar-refractivity contribution is 6.04. The van der Waals surface area contributed by atoms with E-state index in [1.807, 2.05) is 57.0 Å². The second-order valence-electron chi connectivity index (χ2n) is 16.3.